The second-order valence-corrected chi connectivity index (χ2v) is 7.89. The molecule has 1 aliphatic rings. The number of benzene rings is 2. The van der Waals surface area contributed by atoms with Crippen LogP contribution in [0, 0.1) is 11.3 Å². The van der Waals surface area contributed by atoms with Crippen LogP contribution in [0.4, 0.5) is 4.79 Å². The molecular weight excluding hydrogens is 416 g/mol. The molecule has 4 rings (SSSR count). The molecule has 1 atom stereocenters. The van der Waals surface area contributed by atoms with Crippen molar-refractivity contribution >= 4 is 34.5 Å². The highest BCUT2D eigenvalue weighted by Crippen LogP contribution is 2.29. The number of hydrogen-bond donors (Lipinski definition) is 1. The first-order valence-electron chi connectivity index (χ1n) is 9.77. The Bertz CT molecular complexity index is 1220. The molecule has 0 aliphatic carbocycles. The third-order valence-electron chi connectivity index (χ3n) is 5.48. The summed E-state index contributed by atoms with van der Waals surface area (Å²) in [5.41, 5.74) is 3.09. The average molecular weight is 435 g/mol. The number of nitriles is 1. The first kappa shape index (κ1) is 20.6. The molecule has 2 aromatic carbocycles. The smallest absolute Gasteiger partial charge is 0.407 e. The minimum absolute atomic E-state index is 0.166. The monoisotopic (exact) mass is 434 g/mol. The van der Waals surface area contributed by atoms with Gasteiger partial charge in [-0.15, -0.1) is 0 Å². The maximum absolute atomic E-state index is 13.0. The van der Waals surface area contributed by atoms with Crippen LogP contribution in [0.15, 0.2) is 48.5 Å². The number of carbonyl (C=O) groups is 2. The Balaban J connectivity index is 1.64. The predicted molar refractivity (Wildman–Crippen MR) is 117 cm³/mol. The lowest BCUT2D eigenvalue weighted by Crippen LogP contribution is -2.55. The summed E-state index contributed by atoms with van der Waals surface area (Å²) in [4.78, 5) is 32.0. The van der Waals surface area contributed by atoms with Crippen molar-refractivity contribution in [3.05, 3.63) is 64.7 Å². The molecule has 0 bridgehead atoms. The van der Waals surface area contributed by atoms with Crippen molar-refractivity contribution in [1.82, 2.24) is 14.8 Å². The second kappa shape index (κ2) is 8.25. The van der Waals surface area contributed by atoms with Crippen LogP contribution in [-0.4, -0.2) is 57.6 Å². The molecule has 1 aromatic heterocycles. The fourth-order valence-corrected chi connectivity index (χ4v) is 4.05. The van der Waals surface area contributed by atoms with Crippen LogP contribution in [-0.2, 0) is 0 Å². The predicted octanol–water partition coefficient (Wildman–Crippen LogP) is 4.25. The normalized spacial score (nSPS) is 16.2. The van der Waals surface area contributed by atoms with Gasteiger partial charge in [0.15, 0.2) is 0 Å². The van der Waals surface area contributed by atoms with Gasteiger partial charge in [0.05, 0.1) is 27.9 Å². The maximum atomic E-state index is 13.0. The third-order valence-corrected chi connectivity index (χ3v) is 5.79. The summed E-state index contributed by atoms with van der Waals surface area (Å²) < 4.78 is 0. The van der Waals surface area contributed by atoms with Crippen LogP contribution in [0.25, 0.3) is 22.2 Å². The summed E-state index contributed by atoms with van der Waals surface area (Å²) in [7, 11) is 0. The van der Waals surface area contributed by atoms with Crippen LogP contribution < -0.4 is 0 Å². The number of piperazine rings is 1. The highest BCUT2D eigenvalue weighted by Gasteiger charge is 2.30. The Morgan fingerprint density at radius 3 is 2.55 bits per heavy atom. The van der Waals surface area contributed by atoms with E-state index in [9.17, 15) is 14.7 Å². The summed E-state index contributed by atoms with van der Waals surface area (Å²) >= 11 is 6.47. The van der Waals surface area contributed by atoms with Gasteiger partial charge in [-0.1, -0.05) is 29.8 Å². The van der Waals surface area contributed by atoms with Gasteiger partial charge in [-0.3, -0.25) is 4.79 Å². The molecule has 1 unspecified atom stereocenters. The summed E-state index contributed by atoms with van der Waals surface area (Å²) in [6.45, 7) is 2.75. The molecule has 31 heavy (non-hydrogen) atoms. The molecule has 7 nitrogen and oxygen atoms in total. The first-order chi connectivity index (χ1) is 14.9. The Kier molecular flexibility index (Phi) is 5.49. The van der Waals surface area contributed by atoms with E-state index in [4.69, 9.17) is 16.9 Å². The molecular formula is C23H19ClN4O3. The number of nitrogens with zero attached hydrogens (tertiary/aromatic N) is 4. The summed E-state index contributed by atoms with van der Waals surface area (Å²) in [5, 5.41) is 19.5. The summed E-state index contributed by atoms with van der Waals surface area (Å²) in [6.07, 6.45) is -0.973. The van der Waals surface area contributed by atoms with E-state index < -0.39 is 6.09 Å². The van der Waals surface area contributed by atoms with Gasteiger partial charge < -0.3 is 14.9 Å². The Labute approximate surface area is 184 Å². The minimum atomic E-state index is -0.973. The third kappa shape index (κ3) is 4.03. The number of carbonyl (C=O) groups excluding carboxylic acids is 1. The number of carboxylic acid groups (broad SMARTS) is 1. The van der Waals surface area contributed by atoms with E-state index in [1.807, 2.05) is 0 Å². The molecule has 1 fully saturated rings. The van der Waals surface area contributed by atoms with Crippen LogP contribution in [0.1, 0.15) is 22.8 Å². The van der Waals surface area contributed by atoms with Gasteiger partial charge in [0, 0.05) is 42.2 Å². The number of halogens is 1. The van der Waals surface area contributed by atoms with Crippen molar-refractivity contribution in [2.75, 3.05) is 19.6 Å². The molecule has 0 radical (unpaired) electrons. The van der Waals surface area contributed by atoms with E-state index in [1.165, 1.54) is 4.90 Å². The standard InChI is InChI=1S/C23H19ClN4O3/c1-14-13-27(8-9-28(14)23(30)31)22(29)17-6-7-18-19(24)11-20(26-21(18)10-17)16-4-2-15(12-25)3-5-16/h2-7,10-11,14H,8-9,13H2,1H3,(H,30,31). The number of amides is 2. The first-order valence-corrected chi connectivity index (χ1v) is 10.1. The summed E-state index contributed by atoms with van der Waals surface area (Å²) in [5.74, 6) is -0.166. The highest BCUT2D eigenvalue weighted by molar-refractivity contribution is 6.35. The van der Waals surface area contributed by atoms with E-state index in [0.29, 0.717) is 40.4 Å². The van der Waals surface area contributed by atoms with Crippen molar-refractivity contribution in [3.8, 4) is 17.3 Å². The van der Waals surface area contributed by atoms with Gasteiger partial charge in [0.1, 0.15) is 0 Å². The SMILES string of the molecule is CC1CN(C(=O)c2ccc3c(Cl)cc(-c4ccc(C#N)cc4)nc3c2)CCN1C(=O)O. The quantitative estimate of drug-likeness (QED) is 0.650. The van der Waals surface area contributed by atoms with Crippen molar-refractivity contribution < 1.29 is 14.7 Å². The maximum Gasteiger partial charge on any atom is 0.407 e. The topological polar surface area (TPSA) is 97.5 Å². The lowest BCUT2D eigenvalue weighted by molar-refractivity contribution is 0.0507. The Morgan fingerprint density at radius 1 is 1.16 bits per heavy atom. The Hall–Kier alpha value is -3.63. The van der Waals surface area contributed by atoms with E-state index in [1.54, 1.807) is 60.4 Å². The average Bonchev–Trinajstić information content (AvgIpc) is 2.77. The fourth-order valence-electron chi connectivity index (χ4n) is 3.79. The van der Waals surface area contributed by atoms with E-state index in [0.717, 1.165) is 10.9 Å². The van der Waals surface area contributed by atoms with Gasteiger partial charge in [-0.05, 0) is 37.3 Å². The molecule has 1 aliphatic heterocycles. The molecule has 1 N–H and O–H groups in total. The van der Waals surface area contributed by atoms with E-state index >= 15 is 0 Å². The zero-order chi connectivity index (χ0) is 22.1. The largest absolute Gasteiger partial charge is 0.465 e. The molecule has 1 saturated heterocycles. The molecule has 2 heterocycles. The molecule has 0 saturated carbocycles. The zero-order valence-electron chi connectivity index (χ0n) is 16.7. The molecule has 0 spiro atoms. The van der Waals surface area contributed by atoms with Crippen molar-refractivity contribution in [1.29, 1.82) is 5.26 Å². The number of fused-ring (bicyclic) bond motifs is 1. The van der Waals surface area contributed by atoms with Crippen LogP contribution in [0.5, 0.6) is 0 Å². The lowest BCUT2D eigenvalue weighted by atomic mass is 10.1. The van der Waals surface area contributed by atoms with E-state index in [2.05, 4.69) is 11.1 Å². The fraction of sp³-hybridized carbons (Fsp3) is 0.217. The molecule has 3 aromatic rings. The van der Waals surface area contributed by atoms with E-state index in [-0.39, 0.29) is 18.5 Å². The number of hydrogen-bond acceptors (Lipinski definition) is 4. The number of rotatable bonds is 2. The van der Waals surface area contributed by atoms with Crippen molar-refractivity contribution in [2.45, 2.75) is 13.0 Å². The second-order valence-electron chi connectivity index (χ2n) is 7.49. The van der Waals surface area contributed by atoms with Crippen molar-refractivity contribution in [3.63, 3.8) is 0 Å². The molecule has 156 valence electrons. The van der Waals surface area contributed by atoms with Crippen molar-refractivity contribution in [2.24, 2.45) is 0 Å². The minimum Gasteiger partial charge on any atom is -0.465 e. The molecule has 2 amide bonds. The van der Waals surface area contributed by atoms with Gasteiger partial charge >= 0.3 is 6.09 Å². The van der Waals surface area contributed by atoms with Crippen LogP contribution in [0.2, 0.25) is 5.02 Å². The number of aromatic nitrogens is 1. The lowest BCUT2D eigenvalue weighted by Gasteiger charge is -2.38. The van der Waals surface area contributed by atoms with Gasteiger partial charge in [-0.25, -0.2) is 9.78 Å². The van der Waals surface area contributed by atoms with Crippen LogP contribution >= 0.6 is 11.6 Å². The van der Waals surface area contributed by atoms with Gasteiger partial charge in [0.2, 0.25) is 0 Å². The van der Waals surface area contributed by atoms with Gasteiger partial charge in [-0.2, -0.15) is 5.26 Å². The number of pyridine rings is 1. The molecule has 8 heteroatoms. The highest BCUT2D eigenvalue weighted by atomic mass is 35.5. The summed E-state index contributed by atoms with van der Waals surface area (Å²) in [6, 6.07) is 15.8. The Morgan fingerprint density at radius 2 is 1.90 bits per heavy atom. The zero-order valence-corrected chi connectivity index (χ0v) is 17.5. The van der Waals surface area contributed by atoms with Gasteiger partial charge in [0.25, 0.3) is 5.91 Å². The van der Waals surface area contributed by atoms with Crippen LogP contribution in [0.3, 0.4) is 0 Å².